The van der Waals surface area contributed by atoms with E-state index in [1.54, 1.807) is 35.7 Å². The topological polar surface area (TPSA) is 58.8 Å². The van der Waals surface area contributed by atoms with Crippen LogP contribution in [0.5, 0.6) is 0 Å². The van der Waals surface area contributed by atoms with Gasteiger partial charge in [-0.1, -0.05) is 35.3 Å². The number of hydrogen-bond acceptors (Lipinski definition) is 3. The highest BCUT2D eigenvalue weighted by molar-refractivity contribution is 6.38. The number of imidazole rings is 1. The lowest BCUT2D eigenvalue weighted by Gasteiger charge is -2.02. The maximum atomic E-state index is 12.3. The van der Waals surface area contributed by atoms with E-state index in [9.17, 15) is 4.79 Å². The molecule has 0 saturated carbocycles. The highest BCUT2D eigenvalue weighted by atomic mass is 35.5. The van der Waals surface area contributed by atoms with Crippen molar-refractivity contribution in [3.05, 3.63) is 69.6 Å². The van der Waals surface area contributed by atoms with Crippen molar-refractivity contribution in [2.45, 2.75) is 6.92 Å². The first-order valence-corrected chi connectivity index (χ1v) is 7.54. The Morgan fingerprint density at radius 3 is 2.70 bits per heavy atom. The number of amides is 1. The molecule has 1 aromatic carbocycles. The maximum Gasteiger partial charge on any atom is 0.290 e. The molecule has 3 rings (SSSR count). The minimum atomic E-state index is -0.361. The SMILES string of the molecule is Cc1nc2ccccn2c1C(=O)NN=Cc1c(Cl)cccc1Cl. The van der Waals surface area contributed by atoms with Gasteiger partial charge in [-0.25, -0.2) is 10.4 Å². The molecule has 0 saturated heterocycles. The summed E-state index contributed by atoms with van der Waals surface area (Å²) in [6.07, 6.45) is 3.19. The van der Waals surface area contributed by atoms with Gasteiger partial charge in [0.1, 0.15) is 11.3 Å². The molecule has 23 heavy (non-hydrogen) atoms. The minimum Gasteiger partial charge on any atom is -0.295 e. The Kier molecular flexibility index (Phi) is 4.32. The molecule has 0 aliphatic heterocycles. The number of hydrazone groups is 1. The maximum absolute atomic E-state index is 12.3. The van der Waals surface area contributed by atoms with Crippen LogP contribution in [0.1, 0.15) is 21.7 Å². The molecule has 7 heteroatoms. The summed E-state index contributed by atoms with van der Waals surface area (Å²) < 4.78 is 1.71. The van der Waals surface area contributed by atoms with E-state index < -0.39 is 0 Å². The number of nitrogens with one attached hydrogen (secondary N) is 1. The lowest BCUT2D eigenvalue weighted by molar-refractivity contribution is 0.0948. The summed E-state index contributed by atoms with van der Waals surface area (Å²) >= 11 is 12.1. The summed E-state index contributed by atoms with van der Waals surface area (Å²) in [4.78, 5) is 16.7. The fraction of sp³-hybridized carbons (Fsp3) is 0.0625. The first-order valence-electron chi connectivity index (χ1n) is 6.79. The van der Waals surface area contributed by atoms with E-state index in [1.807, 2.05) is 18.2 Å². The number of halogens is 2. The van der Waals surface area contributed by atoms with Crippen molar-refractivity contribution in [3.63, 3.8) is 0 Å². The van der Waals surface area contributed by atoms with Crippen molar-refractivity contribution in [3.8, 4) is 0 Å². The molecular weight excluding hydrogens is 335 g/mol. The third-order valence-corrected chi connectivity index (χ3v) is 3.94. The second kappa shape index (κ2) is 6.40. The van der Waals surface area contributed by atoms with E-state index in [1.165, 1.54) is 6.21 Å². The fourth-order valence-electron chi connectivity index (χ4n) is 2.23. The summed E-state index contributed by atoms with van der Waals surface area (Å²) in [6, 6.07) is 10.7. The molecule has 0 radical (unpaired) electrons. The molecule has 0 spiro atoms. The number of rotatable bonds is 3. The predicted molar refractivity (Wildman–Crippen MR) is 91.5 cm³/mol. The average molecular weight is 347 g/mol. The smallest absolute Gasteiger partial charge is 0.290 e. The Balaban J connectivity index is 1.84. The molecule has 5 nitrogen and oxygen atoms in total. The first kappa shape index (κ1) is 15.5. The van der Waals surface area contributed by atoms with Crippen LogP contribution in [0.15, 0.2) is 47.7 Å². The summed E-state index contributed by atoms with van der Waals surface area (Å²) in [6.45, 7) is 1.77. The number of aromatic nitrogens is 2. The molecule has 2 aromatic heterocycles. The number of nitrogens with zero attached hydrogens (tertiary/aromatic N) is 3. The molecule has 0 unspecified atom stereocenters. The Labute approximate surface area is 142 Å². The van der Waals surface area contributed by atoms with Gasteiger partial charge in [-0.3, -0.25) is 9.20 Å². The van der Waals surface area contributed by atoms with Gasteiger partial charge in [0.05, 0.1) is 22.0 Å². The molecule has 0 fully saturated rings. The van der Waals surface area contributed by atoms with Crippen molar-refractivity contribution in [1.29, 1.82) is 0 Å². The molecule has 0 bridgehead atoms. The monoisotopic (exact) mass is 346 g/mol. The molecule has 3 aromatic rings. The lowest BCUT2D eigenvalue weighted by atomic mass is 10.2. The van der Waals surface area contributed by atoms with Crippen molar-refractivity contribution >= 4 is 41.0 Å². The van der Waals surface area contributed by atoms with Gasteiger partial charge in [-0.2, -0.15) is 5.10 Å². The van der Waals surface area contributed by atoms with Crippen LogP contribution in [0.3, 0.4) is 0 Å². The second-order valence-corrected chi connectivity index (χ2v) is 5.62. The van der Waals surface area contributed by atoms with E-state index in [2.05, 4.69) is 15.5 Å². The average Bonchev–Trinajstić information content (AvgIpc) is 2.86. The fourth-order valence-corrected chi connectivity index (χ4v) is 2.72. The molecule has 1 N–H and O–H groups in total. The Morgan fingerprint density at radius 2 is 1.96 bits per heavy atom. The summed E-state index contributed by atoms with van der Waals surface area (Å²) in [5.41, 5.74) is 4.78. The number of benzene rings is 1. The summed E-state index contributed by atoms with van der Waals surface area (Å²) in [7, 11) is 0. The quantitative estimate of drug-likeness (QED) is 0.580. The van der Waals surface area contributed by atoms with E-state index in [-0.39, 0.29) is 5.91 Å². The van der Waals surface area contributed by atoms with Crippen molar-refractivity contribution in [1.82, 2.24) is 14.8 Å². The molecule has 0 aliphatic carbocycles. The van der Waals surface area contributed by atoms with Gasteiger partial charge in [0.25, 0.3) is 5.91 Å². The number of pyridine rings is 1. The van der Waals surface area contributed by atoms with Gasteiger partial charge in [0.2, 0.25) is 0 Å². The van der Waals surface area contributed by atoms with Crippen LogP contribution in [-0.4, -0.2) is 21.5 Å². The predicted octanol–water partition coefficient (Wildman–Crippen LogP) is 3.71. The molecule has 0 atom stereocenters. The molecule has 116 valence electrons. The number of aryl methyl sites for hydroxylation is 1. The highest BCUT2D eigenvalue weighted by Crippen LogP contribution is 2.22. The summed E-state index contributed by atoms with van der Waals surface area (Å²) in [5, 5.41) is 4.85. The van der Waals surface area contributed by atoms with Crippen LogP contribution in [-0.2, 0) is 0 Å². The summed E-state index contributed by atoms with van der Waals surface area (Å²) in [5.74, 6) is -0.361. The first-order chi connectivity index (χ1) is 11.1. The van der Waals surface area contributed by atoms with E-state index >= 15 is 0 Å². The number of carbonyl (C=O) groups is 1. The third kappa shape index (κ3) is 3.06. The molecule has 1 amide bonds. The van der Waals surface area contributed by atoms with Gasteiger partial charge in [-0.05, 0) is 31.2 Å². The Morgan fingerprint density at radius 1 is 1.22 bits per heavy atom. The standard InChI is InChI=1S/C16H12Cl2N4O/c1-10-15(22-8-3-2-7-14(22)20-10)16(23)21-19-9-11-12(17)5-4-6-13(11)18/h2-9H,1H3,(H,21,23). The van der Waals surface area contributed by atoms with E-state index in [0.717, 1.165) is 0 Å². The van der Waals surface area contributed by atoms with Gasteiger partial charge in [0, 0.05) is 11.8 Å². The zero-order valence-electron chi connectivity index (χ0n) is 12.1. The Bertz CT molecular complexity index is 897. The minimum absolute atomic E-state index is 0.361. The van der Waals surface area contributed by atoms with Gasteiger partial charge >= 0.3 is 0 Å². The van der Waals surface area contributed by atoms with E-state index in [4.69, 9.17) is 23.2 Å². The van der Waals surface area contributed by atoms with E-state index in [0.29, 0.717) is 32.6 Å². The van der Waals surface area contributed by atoms with Gasteiger partial charge in [0.15, 0.2) is 0 Å². The van der Waals surface area contributed by atoms with Crippen LogP contribution in [0.2, 0.25) is 10.0 Å². The van der Waals surface area contributed by atoms with Crippen LogP contribution in [0.25, 0.3) is 5.65 Å². The zero-order chi connectivity index (χ0) is 16.4. The number of hydrogen-bond donors (Lipinski definition) is 1. The van der Waals surface area contributed by atoms with Gasteiger partial charge in [-0.15, -0.1) is 0 Å². The van der Waals surface area contributed by atoms with Crippen molar-refractivity contribution in [2.24, 2.45) is 5.10 Å². The molecule has 0 aliphatic rings. The lowest BCUT2D eigenvalue weighted by Crippen LogP contribution is -2.20. The van der Waals surface area contributed by atoms with Gasteiger partial charge < -0.3 is 0 Å². The zero-order valence-corrected chi connectivity index (χ0v) is 13.6. The van der Waals surface area contributed by atoms with Crippen molar-refractivity contribution in [2.75, 3.05) is 0 Å². The molecule has 2 heterocycles. The number of fused-ring (bicyclic) bond motifs is 1. The van der Waals surface area contributed by atoms with Crippen LogP contribution >= 0.6 is 23.2 Å². The largest absolute Gasteiger partial charge is 0.295 e. The normalized spacial score (nSPS) is 11.3. The van der Waals surface area contributed by atoms with Crippen LogP contribution < -0.4 is 5.43 Å². The van der Waals surface area contributed by atoms with Crippen molar-refractivity contribution < 1.29 is 4.79 Å². The third-order valence-electron chi connectivity index (χ3n) is 3.28. The van der Waals surface area contributed by atoms with Crippen LogP contribution in [0.4, 0.5) is 0 Å². The Hall–Kier alpha value is -2.37. The highest BCUT2D eigenvalue weighted by Gasteiger charge is 2.15. The second-order valence-electron chi connectivity index (χ2n) is 4.81. The van der Waals surface area contributed by atoms with Crippen LogP contribution in [0, 0.1) is 6.92 Å². The number of carbonyl (C=O) groups excluding carboxylic acids is 1. The molecular formula is C16H12Cl2N4O.